The summed E-state index contributed by atoms with van der Waals surface area (Å²) in [5.41, 5.74) is 0.997. The third-order valence-electron chi connectivity index (χ3n) is 2.78. The van der Waals surface area contributed by atoms with Crippen molar-refractivity contribution < 1.29 is 9.53 Å². The van der Waals surface area contributed by atoms with Crippen LogP contribution in [0.3, 0.4) is 0 Å². The standard InChI is InChI=1S/C14H24N4O2/c1-4-8-15-13-11(3)14(18-10-17-13)16-9-6-7-12(19)20-5-2/h10H,4-9H2,1-3H3,(H2,15,16,17,18). The number of hydrogen-bond donors (Lipinski definition) is 2. The van der Waals surface area contributed by atoms with Gasteiger partial charge in [-0.2, -0.15) is 0 Å². The minimum absolute atomic E-state index is 0.154. The van der Waals surface area contributed by atoms with Crippen molar-refractivity contribution in [3.05, 3.63) is 11.9 Å². The SMILES string of the molecule is CCCNc1ncnc(NCCCC(=O)OCC)c1C. The van der Waals surface area contributed by atoms with E-state index < -0.39 is 0 Å². The van der Waals surface area contributed by atoms with Crippen LogP contribution in [0.25, 0.3) is 0 Å². The van der Waals surface area contributed by atoms with Crippen LogP contribution in [0.4, 0.5) is 11.6 Å². The molecule has 112 valence electrons. The molecule has 0 radical (unpaired) electrons. The molecule has 0 aliphatic heterocycles. The molecule has 0 bridgehead atoms. The quantitative estimate of drug-likeness (QED) is 0.534. The van der Waals surface area contributed by atoms with Crippen LogP contribution >= 0.6 is 0 Å². The lowest BCUT2D eigenvalue weighted by Gasteiger charge is -2.12. The normalized spacial score (nSPS) is 10.2. The molecule has 0 saturated heterocycles. The van der Waals surface area contributed by atoms with Crippen molar-refractivity contribution in [2.45, 2.75) is 40.0 Å². The highest BCUT2D eigenvalue weighted by atomic mass is 16.5. The van der Waals surface area contributed by atoms with Crippen molar-refractivity contribution in [1.29, 1.82) is 0 Å². The van der Waals surface area contributed by atoms with E-state index in [0.717, 1.165) is 36.6 Å². The zero-order valence-corrected chi connectivity index (χ0v) is 12.5. The van der Waals surface area contributed by atoms with Crippen LogP contribution in [0, 0.1) is 6.92 Å². The molecule has 2 N–H and O–H groups in total. The Morgan fingerprint density at radius 3 is 2.45 bits per heavy atom. The number of ether oxygens (including phenoxy) is 1. The number of carbonyl (C=O) groups excluding carboxylic acids is 1. The van der Waals surface area contributed by atoms with Gasteiger partial charge in [-0.15, -0.1) is 0 Å². The maximum Gasteiger partial charge on any atom is 0.305 e. The fraction of sp³-hybridized carbons (Fsp3) is 0.643. The molecule has 1 aromatic rings. The minimum Gasteiger partial charge on any atom is -0.466 e. The molecule has 6 nitrogen and oxygen atoms in total. The van der Waals surface area contributed by atoms with Crippen molar-refractivity contribution in [3.63, 3.8) is 0 Å². The third-order valence-corrected chi connectivity index (χ3v) is 2.78. The molecule has 0 aliphatic carbocycles. The lowest BCUT2D eigenvalue weighted by Crippen LogP contribution is -2.11. The molecular formula is C14H24N4O2. The van der Waals surface area contributed by atoms with Crippen LogP contribution in [0.5, 0.6) is 0 Å². The first kappa shape index (κ1) is 16.2. The van der Waals surface area contributed by atoms with Gasteiger partial charge < -0.3 is 15.4 Å². The van der Waals surface area contributed by atoms with Gasteiger partial charge >= 0.3 is 5.97 Å². The van der Waals surface area contributed by atoms with Crippen LogP contribution in [-0.2, 0) is 9.53 Å². The van der Waals surface area contributed by atoms with E-state index in [4.69, 9.17) is 4.74 Å². The first-order valence-electron chi connectivity index (χ1n) is 7.14. The van der Waals surface area contributed by atoms with Gasteiger partial charge in [0.2, 0.25) is 0 Å². The second-order valence-corrected chi connectivity index (χ2v) is 4.46. The summed E-state index contributed by atoms with van der Waals surface area (Å²) >= 11 is 0. The molecule has 20 heavy (non-hydrogen) atoms. The molecule has 1 heterocycles. The number of aromatic nitrogens is 2. The molecule has 0 aromatic carbocycles. The summed E-state index contributed by atoms with van der Waals surface area (Å²) in [6.45, 7) is 7.91. The Balaban J connectivity index is 2.41. The van der Waals surface area contributed by atoms with Crippen molar-refractivity contribution in [1.82, 2.24) is 9.97 Å². The summed E-state index contributed by atoms with van der Waals surface area (Å²) in [5, 5.41) is 6.49. The van der Waals surface area contributed by atoms with Crippen LogP contribution in [-0.4, -0.2) is 35.6 Å². The highest BCUT2D eigenvalue weighted by Crippen LogP contribution is 2.17. The van der Waals surface area contributed by atoms with E-state index in [0.29, 0.717) is 19.6 Å². The number of anilines is 2. The van der Waals surface area contributed by atoms with Crippen molar-refractivity contribution in [2.75, 3.05) is 30.3 Å². The number of nitrogens with one attached hydrogen (secondary N) is 2. The van der Waals surface area contributed by atoms with Gasteiger partial charge in [0.15, 0.2) is 0 Å². The molecule has 0 amide bonds. The predicted molar refractivity (Wildman–Crippen MR) is 79.9 cm³/mol. The Morgan fingerprint density at radius 2 is 1.85 bits per heavy atom. The van der Waals surface area contributed by atoms with Gasteiger partial charge in [-0.3, -0.25) is 4.79 Å². The van der Waals surface area contributed by atoms with E-state index in [-0.39, 0.29) is 5.97 Å². The molecule has 0 spiro atoms. The number of hydrogen-bond acceptors (Lipinski definition) is 6. The van der Waals surface area contributed by atoms with E-state index in [2.05, 4.69) is 27.5 Å². The van der Waals surface area contributed by atoms with Gasteiger partial charge in [0, 0.05) is 25.1 Å². The largest absolute Gasteiger partial charge is 0.466 e. The molecule has 1 aromatic heterocycles. The second kappa shape index (κ2) is 9.12. The van der Waals surface area contributed by atoms with Crippen molar-refractivity contribution in [2.24, 2.45) is 0 Å². The average molecular weight is 280 g/mol. The first-order chi connectivity index (χ1) is 9.69. The lowest BCUT2D eigenvalue weighted by atomic mass is 10.2. The average Bonchev–Trinajstić information content (AvgIpc) is 2.44. The number of rotatable bonds is 9. The fourth-order valence-corrected chi connectivity index (χ4v) is 1.72. The van der Waals surface area contributed by atoms with Crippen LogP contribution in [0.1, 0.15) is 38.7 Å². The topological polar surface area (TPSA) is 76.1 Å². The molecule has 1 rings (SSSR count). The Bertz CT molecular complexity index is 424. The Hall–Kier alpha value is -1.85. The number of nitrogens with zero attached hydrogens (tertiary/aromatic N) is 2. The van der Waals surface area contributed by atoms with Crippen LogP contribution < -0.4 is 10.6 Å². The highest BCUT2D eigenvalue weighted by molar-refractivity contribution is 5.69. The molecule has 0 aliphatic rings. The maximum absolute atomic E-state index is 11.2. The summed E-state index contributed by atoms with van der Waals surface area (Å²) in [6.07, 6.45) is 3.73. The van der Waals surface area contributed by atoms with Crippen LogP contribution in [0.2, 0.25) is 0 Å². The first-order valence-corrected chi connectivity index (χ1v) is 7.14. The third kappa shape index (κ3) is 5.42. The lowest BCUT2D eigenvalue weighted by molar-refractivity contribution is -0.143. The molecule has 0 saturated carbocycles. The Labute approximate surface area is 120 Å². The van der Waals surface area contributed by atoms with E-state index in [1.807, 2.05) is 13.8 Å². The summed E-state index contributed by atoms with van der Waals surface area (Å²) in [6, 6.07) is 0. The van der Waals surface area contributed by atoms with Crippen molar-refractivity contribution >= 4 is 17.6 Å². The van der Waals surface area contributed by atoms with Crippen molar-refractivity contribution in [3.8, 4) is 0 Å². The van der Waals surface area contributed by atoms with Gasteiger partial charge in [0.1, 0.15) is 18.0 Å². The smallest absolute Gasteiger partial charge is 0.305 e. The summed E-state index contributed by atoms with van der Waals surface area (Å²) in [4.78, 5) is 19.7. The van der Waals surface area contributed by atoms with E-state index in [1.165, 1.54) is 0 Å². The summed E-state index contributed by atoms with van der Waals surface area (Å²) in [7, 11) is 0. The van der Waals surface area contributed by atoms with Gasteiger partial charge in [-0.05, 0) is 26.7 Å². The zero-order valence-electron chi connectivity index (χ0n) is 12.5. The second-order valence-electron chi connectivity index (χ2n) is 4.46. The van der Waals surface area contributed by atoms with Crippen LogP contribution in [0.15, 0.2) is 6.33 Å². The van der Waals surface area contributed by atoms with Gasteiger partial charge in [-0.1, -0.05) is 6.92 Å². The maximum atomic E-state index is 11.2. The molecule has 0 unspecified atom stereocenters. The van der Waals surface area contributed by atoms with Gasteiger partial charge in [0.25, 0.3) is 0 Å². The van der Waals surface area contributed by atoms with Gasteiger partial charge in [-0.25, -0.2) is 9.97 Å². The fourth-order valence-electron chi connectivity index (χ4n) is 1.72. The van der Waals surface area contributed by atoms with E-state index in [9.17, 15) is 4.79 Å². The molecular weight excluding hydrogens is 256 g/mol. The number of esters is 1. The Kier molecular flexibility index (Phi) is 7.39. The highest BCUT2D eigenvalue weighted by Gasteiger charge is 2.06. The van der Waals surface area contributed by atoms with E-state index >= 15 is 0 Å². The van der Waals surface area contributed by atoms with Gasteiger partial charge in [0.05, 0.1) is 6.61 Å². The predicted octanol–water partition coefficient (Wildman–Crippen LogP) is 2.36. The zero-order chi connectivity index (χ0) is 14.8. The Morgan fingerprint density at radius 1 is 1.20 bits per heavy atom. The van der Waals surface area contributed by atoms with E-state index in [1.54, 1.807) is 6.33 Å². The monoisotopic (exact) mass is 280 g/mol. The molecule has 0 atom stereocenters. The minimum atomic E-state index is -0.154. The number of carbonyl (C=O) groups is 1. The molecule has 6 heteroatoms. The summed E-state index contributed by atoms with van der Waals surface area (Å²) in [5.74, 6) is 1.51. The summed E-state index contributed by atoms with van der Waals surface area (Å²) < 4.78 is 4.88. The molecule has 0 fully saturated rings.